The lowest BCUT2D eigenvalue weighted by Gasteiger charge is -2.11. The number of nitrogens with one attached hydrogen (secondary N) is 1. The number of hydrogen-bond acceptors (Lipinski definition) is 4. The molecule has 5 nitrogen and oxygen atoms in total. The summed E-state index contributed by atoms with van der Waals surface area (Å²) in [5, 5.41) is 11.8. The molecule has 2 atom stereocenters. The average molecular weight is 215 g/mol. The fraction of sp³-hybridized carbons (Fsp3) is 0.800. The summed E-state index contributed by atoms with van der Waals surface area (Å²) in [5.41, 5.74) is 0. The molecule has 0 saturated carbocycles. The molecular weight excluding hydrogens is 198 g/mol. The molecule has 0 radical (unpaired) electrons. The summed E-state index contributed by atoms with van der Waals surface area (Å²) in [6, 6.07) is -0.876. The predicted octanol–water partition coefficient (Wildman–Crippen LogP) is -0.0308. The molecule has 1 saturated heterocycles. The van der Waals surface area contributed by atoms with Crippen LogP contribution in [-0.2, 0) is 14.3 Å². The van der Waals surface area contributed by atoms with E-state index in [1.54, 1.807) is 0 Å². The van der Waals surface area contributed by atoms with Gasteiger partial charge in [0.2, 0.25) is 5.91 Å². The van der Waals surface area contributed by atoms with Crippen LogP contribution in [0.25, 0.3) is 0 Å². The number of ether oxygens (including phenoxy) is 1. The van der Waals surface area contributed by atoms with Crippen molar-refractivity contribution in [2.24, 2.45) is 0 Å². The molecule has 5 heteroatoms. The summed E-state index contributed by atoms with van der Waals surface area (Å²) in [6.45, 7) is 2.02. The number of aliphatic hydroxyl groups excluding tert-OH is 1. The molecule has 0 unspecified atom stereocenters. The summed E-state index contributed by atoms with van der Waals surface area (Å²) in [5.74, 6) is -0.752. The van der Waals surface area contributed by atoms with Crippen LogP contribution in [0, 0.1) is 0 Å². The Bertz CT molecular complexity index is 242. The van der Waals surface area contributed by atoms with Gasteiger partial charge in [0, 0.05) is 6.42 Å². The third kappa shape index (κ3) is 3.51. The second kappa shape index (κ2) is 5.70. The van der Waals surface area contributed by atoms with Gasteiger partial charge in [0.1, 0.15) is 12.7 Å². The topological polar surface area (TPSA) is 75.6 Å². The summed E-state index contributed by atoms with van der Waals surface area (Å²) < 4.78 is 4.60. The van der Waals surface area contributed by atoms with E-state index < -0.39 is 18.1 Å². The smallest absolute Gasteiger partial charge is 0.331 e. The Morgan fingerprint density at radius 3 is 2.87 bits per heavy atom. The highest BCUT2D eigenvalue weighted by molar-refractivity contribution is 5.86. The molecule has 2 N–H and O–H groups in total. The molecule has 0 aromatic heterocycles. The van der Waals surface area contributed by atoms with E-state index in [0.717, 1.165) is 19.3 Å². The minimum absolute atomic E-state index is 0.0290. The van der Waals surface area contributed by atoms with Crippen molar-refractivity contribution in [2.75, 3.05) is 6.61 Å². The summed E-state index contributed by atoms with van der Waals surface area (Å²) in [7, 11) is 0. The zero-order chi connectivity index (χ0) is 11.3. The second-order valence-corrected chi connectivity index (χ2v) is 3.70. The van der Waals surface area contributed by atoms with Crippen molar-refractivity contribution in [3.8, 4) is 0 Å². The van der Waals surface area contributed by atoms with E-state index in [9.17, 15) is 14.7 Å². The van der Waals surface area contributed by atoms with Crippen LogP contribution in [0.15, 0.2) is 0 Å². The molecule has 86 valence electrons. The maximum Gasteiger partial charge on any atom is 0.331 e. The Morgan fingerprint density at radius 1 is 1.60 bits per heavy atom. The monoisotopic (exact) mass is 215 g/mol. The van der Waals surface area contributed by atoms with Gasteiger partial charge in [0.05, 0.1) is 0 Å². The van der Waals surface area contributed by atoms with Crippen LogP contribution in [0.3, 0.4) is 0 Å². The lowest BCUT2D eigenvalue weighted by atomic mass is 10.1. The van der Waals surface area contributed by atoms with Gasteiger partial charge in [-0.3, -0.25) is 4.79 Å². The van der Waals surface area contributed by atoms with Crippen molar-refractivity contribution in [3.63, 3.8) is 0 Å². The van der Waals surface area contributed by atoms with Crippen LogP contribution < -0.4 is 5.32 Å². The van der Waals surface area contributed by atoms with E-state index in [1.165, 1.54) is 0 Å². The lowest BCUT2D eigenvalue weighted by Crippen LogP contribution is -2.44. The van der Waals surface area contributed by atoms with Crippen LogP contribution in [0.1, 0.15) is 32.6 Å². The second-order valence-electron chi connectivity index (χ2n) is 3.70. The van der Waals surface area contributed by atoms with Crippen molar-refractivity contribution in [3.05, 3.63) is 0 Å². The quantitative estimate of drug-likeness (QED) is 0.499. The first-order chi connectivity index (χ1) is 7.15. The maximum atomic E-state index is 11.3. The van der Waals surface area contributed by atoms with E-state index in [2.05, 4.69) is 17.0 Å². The van der Waals surface area contributed by atoms with E-state index >= 15 is 0 Å². The Labute approximate surface area is 88.8 Å². The molecule has 0 aromatic carbocycles. The summed E-state index contributed by atoms with van der Waals surface area (Å²) >= 11 is 0. The van der Waals surface area contributed by atoms with Crippen molar-refractivity contribution in [1.29, 1.82) is 0 Å². The predicted molar refractivity (Wildman–Crippen MR) is 53.0 cm³/mol. The number of carbonyl (C=O) groups excluding carboxylic acids is 2. The lowest BCUT2D eigenvalue weighted by molar-refractivity contribution is -0.141. The zero-order valence-electron chi connectivity index (χ0n) is 8.86. The molecule has 0 bridgehead atoms. The van der Waals surface area contributed by atoms with Crippen LogP contribution >= 0.6 is 0 Å². The first-order valence-corrected chi connectivity index (χ1v) is 5.29. The number of hydrogen-bond donors (Lipinski definition) is 2. The molecule has 1 rings (SSSR count). The van der Waals surface area contributed by atoms with E-state index in [0.29, 0.717) is 6.42 Å². The third-order valence-corrected chi connectivity index (χ3v) is 2.36. The molecule has 0 spiro atoms. The fourth-order valence-corrected chi connectivity index (χ4v) is 1.45. The highest BCUT2D eigenvalue weighted by Gasteiger charge is 2.36. The minimum Gasteiger partial charge on any atom is -0.461 e. The van der Waals surface area contributed by atoms with Crippen LogP contribution in [0.4, 0.5) is 0 Å². The molecule has 0 aromatic rings. The van der Waals surface area contributed by atoms with E-state index in [1.807, 2.05) is 0 Å². The fourth-order valence-electron chi connectivity index (χ4n) is 1.45. The van der Waals surface area contributed by atoms with Crippen molar-refractivity contribution in [1.82, 2.24) is 5.32 Å². The van der Waals surface area contributed by atoms with E-state index in [4.69, 9.17) is 0 Å². The molecular formula is C10H17NO4. The highest BCUT2D eigenvalue weighted by atomic mass is 16.6. The van der Waals surface area contributed by atoms with Crippen molar-refractivity contribution < 1.29 is 19.4 Å². The van der Waals surface area contributed by atoms with Gasteiger partial charge in [0.15, 0.2) is 6.04 Å². The first-order valence-electron chi connectivity index (χ1n) is 5.29. The SMILES string of the molecule is CCCCCC(=O)N[C@@H]1C(=O)OC[C@H]1O. The van der Waals surface area contributed by atoms with Gasteiger partial charge in [-0.1, -0.05) is 19.8 Å². The molecule has 1 fully saturated rings. The van der Waals surface area contributed by atoms with Gasteiger partial charge in [-0.2, -0.15) is 0 Å². The zero-order valence-corrected chi connectivity index (χ0v) is 8.86. The van der Waals surface area contributed by atoms with Gasteiger partial charge < -0.3 is 15.2 Å². The maximum absolute atomic E-state index is 11.3. The van der Waals surface area contributed by atoms with Crippen LogP contribution in [0.2, 0.25) is 0 Å². The first kappa shape index (κ1) is 12.0. The summed E-state index contributed by atoms with van der Waals surface area (Å²) in [6.07, 6.45) is 2.32. The standard InChI is InChI=1S/C10H17NO4/c1-2-3-4-5-8(13)11-9-7(12)6-15-10(9)14/h7,9,12H,2-6H2,1H3,(H,11,13)/t7-,9+/m1/s1. The Morgan fingerprint density at radius 2 is 2.33 bits per heavy atom. The number of cyclic esters (lactones) is 1. The highest BCUT2D eigenvalue weighted by Crippen LogP contribution is 2.08. The molecule has 15 heavy (non-hydrogen) atoms. The third-order valence-electron chi connectivity index (χ3n) is 2.36. The normalized spacial score (nSPS) is 25.1. The van der Waals surface area contributed by atoms with E-state index in [-0.39, 0.29) is 12.5 Å². The van der Waals surface area contributed by atoms with Crippen molar-refractivity contribution in [2.45, 2.75) is 44.8 Å². The van der Waals surface area contributed by atoms with Gasteiger partial charge in [-0.25, -0.2) is 4.79 Å². The molecule has 0 aliphatic carbocycles. The number of amides is 1. The molecule has 1 aliphatic heterocycles. The van der Waals surface area contributed by atoms with Crippen LogP contribution in [-0.4, -0.2) is 35.7 Å². The molecule has 1 amide bonds. The number of unbranched alkanes of at least 4 members (excludes halogenated alkanes) is 2. The number of carbonyl (C=O) groups is 2. The number of aliphatic hydroxyl groups is 1. The van der Waals surface area contributed by atoms with Gasteiger partial charge in [-0.05, 0) is 6.42 Å². The van der Waals surface area contributed by atoms with Gasteiger partial charge >= 0.3 is 5.97 Å². The Balaban J connectivity index is 2.27. The molecule has 1 aliphatic rings. The van der Waals surface area contributed by atoms with Gasteiger partial charge in [0.25, 0.3) is 0 Å². The number of esters is 1. The number of rotatable bonds is 5. The van der Waals surface area contributed by atoms with Crippen LogP contribution in [0.5, 0.6) is 0 Å². The molecule has 1 heterocycles. The minimum atomic E-state index is -0.910. The average Bonchev–Trinajstić information content (AvgIpc) is 2.50. The summed E-state index contributed by atoms with van der Waals surface area (Å²) in [4.78, 5) is 22.4. The van der Waals surface area contributed by atoms with Crippen molar-refractivity contribution >= 4 is 11.9 Å². The Kier molecular flexibility index (Phi) is 4.55. The van der Waals surface area contributed by atoms with Gasteiger partial charge in [-0.15, -0.1) is 0 Å². The largest absolute Gasteiger partial charge is 0.461 e. The Hall–Kier alpha value is -1.10.